The molecule has 0 N–H and O–H groups in total. The average Bonchev–Trinajstić information content (AvgIpc) is 2.86. The maximum atomic E-state index is 12.3. The van der Waals surface area contributed by atoms with Gasteiger partial charge in [0.25, 0.3) is 5.56 Å². The van der Waals surface area contributed by atoms with Crippen molar-refractivity contribution in [2.45, 2.75) is 52.7 Å². The molecule has 5 nitrogen and oxygen atoms in total. The Balaban J connectivity index is 2.12. The Morgan fingerprint density at radius 1 is 1.33 bits per heavy atom. The van der Waals surface area contributed by atoms with Crippen LogP contribution in [0.15, 0.2) is 22.6 Å². The van der Waals surface area contributed by atoms with Crippen LogP contribution in [0, 0.1) is 0 Å². The summed E-state index contributed by atoms with van der Waals surface area (Å²) in [4.78, 5) is 31.4. The molecule has 0 spiro atoms. The molecule has 0 fully saturated rings. The number of amides is 1. The summed E-state index contributed by atoms with van der Waals surface area (Å²) in [5.41, 5.74) is -0.0744. The highest BCUT2D eigenvalue weighted by molar-refractivity contribution is 7.16. The summed E-state index contributed by atoms with van der Waals surface area (Å²) in [6.45, 7) is 8.38. The van der Waals surface area contributed by atoms with Crippen LogP contribution in [0.5, 0.6) is 0 Å². The first kappa shape index (κ1) is 15.7. The second-order valence-corrected chi connectivity index (χ2v) is 6.52. The van der Waals surface area contributed by atoms with Crippen molar-refractivity contribution in [2.24, 2.45) is 0 Å². The number of rotatable bonds is 5. The van der Waals surface area contributed by atoms with Gasteiger partial charge in [-0.2, -0.15) is 0 Å². The normalized spacial score (nSPS) is 11.5. The van der Waals surface area contributed by atoms with E-state index in [0.29, 0.717) is 18.4 Å². The molecule has 114 valence electrons. The van der Waals surface area contributed by atoms with Crippen LogP contribution >= 0.6 is 11.3 Å². The highest BCUT2D eigenvalue weighted by Gasteiger charge is 2.19. The topological polar surface area (TPSA) is 55.2 Å². The van der Waals surface area contributed by atoms with E-state index in [9.17, 15) is 9.59 Å². The first-order valence-corrected chi connectivity index (χ1v) is 8.03. The van der Waals surface area contributed by atoms with Crippen molar-refractivity contribution in [3.05, 3.63) is 28.1 Å². The number of aryl methyl sites for hydroxylation is 1. The molecule has 0 bridgehead atoms. The largest absolute Gasteiger partial charge is 0.338 e. The zero-order chi connectivity index (χ0) is 15.6. The van der Waals surface area contributed by atoms with Gasteiger partial charge >= 0.3 is 0 Å². The number of nitrogens with zero attached hydrogens (tertiary/aromatic N) is 3. The van der Waals surface area contributed by atoms with E-state index in [1.807, 2.05) is 38.0 Å². The Morgan fingerprint density at radius 3 is 2.62 bits per heavy atom. The standard InChI is InChI=1S/C15H21N3O2S/c1-10(2)18(11(3)4)13(19)5-7-17-9-16-14-12(15(17)20)6-8-21-14/h6,8-11H,5,7H2,1-4H3. The minimum Gasteiger partial charge on any atom is -0.338 e. The predicted octanol–water partition coefficient (Wildman–Crippen LogP) is 2.49. The van der Waals surface area contributed by atoms with Crippen molar-refractivity contribution in [3.8, 4) is 0 Å². The molecule has 2 aromatic rings. The molecule has 2 rings (SSSR count). The third-order valence-corrected chi connectivity index (χ3v) is 4.24. The first-order valence-electron chi connectivity index (χ1n) is 7.15. The van der Waals surface area contributed by atoms with E-state index >= 15 is 0 Å². The number of hydrogen-bond donors (Lipinski definition) is 0. The minimum absolute atomic E-state index is 0.0670. The third-order valence-electron chi connectivity index (χ3n) is 3.42. The zero-order valence-electron chi connectivity index (χ0n) is 12.9. The van der Waals surface area contributed by atoms with Crippen molar-refractivity contribution in [3.63, 3.8) is 0 Å². The van der Waals surface area contributed by atoms with Crippen molar-refractivity contribution < 1.29 is 4.79 Å². The van der Waals surface area contributed by atoms with Gasteiger partial charge in [0.05, 0.1) is 11.7 Å². The molecule has 0 saturated heterocycles. The summed E-state index contributed by atoms with van der Waals surface area (Å²) in [6.07, 6.45) is 1.84. The molecule has 1 amide bonds. The molecule has 21 heavy (non-hydrogen) atoms. The number of carbonyl (C=O) groups is 1. The van der Waals surface area contributed by atoms with E-state index in [0.717, 1.165) is 4.83 Å². The van der Waals surface area contributed by atoms with Crippen molar-refractivity contribution in [2.75, 3.05) is 0 Å². The van der Waals surface area contributed by atoms with Crippen molar-refractivity contribution in [1.82, 2.24) is 14.5 Å². The highest BCUT2D eigenvalue weighted by Crippen LogP contribution is 2.13. The van der Waals surface area contributed by atoms with Gasteiger partial charge in [-0.15, -0.1) is 11.3 Å². The van der Waals surface area contributed by atoms with E-state index in [4.69, 9.17) is 0 Å². The summed E-state index contributed by atoms with van der Waals surface area (Å²) in [6, 6.07) is 2.10. The van der Waals surface area contributed by atoms with Crippen LogP contribution in [0.1, 0.15) is 34.1 Å². The summed E-state index contributed by atoms with van der Waals surface area (Å²) >= 11 is 1.45. The van der Waals surface area contributed by atoms with Crippen molar-refractivity contribution >= 4 is 27.5 Å². The van der Waals surface area contributed by atoms with E-state index in [1.165, 1.54) is 22.2 Å². The molecular weight excluding hydrogens is 286 g/mol. The van der Waals surface area contributed by atoms with E-state index < -0.39 is 0 Å². The van der Waals surface area contributed by atoms with Crippen LogP contribution in [-0.2, 0) is 11.3 Å². The Morgan fingerprint density at radius 2 is 2.00 bits per heavy atom. The fourth-order valence-electron chi connectivity index (χ4n) is 2.57. The lowest BCUT2D eigenvalue weighted by molar-refractivity contribution is -0.135. The van der Waals surface area contributed by atoms with Crippen LogP contribution in [-0.4, -0.2) is 32.4 Å². The number of fused-ring (bicyclic) bond motifs is 1. The maximum absolute atomic E-state index is 12.3. The molecule has 0 aliphatic heterocycles. The Kier molecular flexibility index (Phi) is 4.77. The molecule has 0 aliphatic carbocycles. The van der Waals surface area contributed by atoms with Gasteiger partial charge in [0, 0.05) is 25.0 Å². The van der Waals surface area contributed by atoms with Gasteiger partial charge in [-0.3, -0.25) is 14.2 Å². The van der Waals surface area contributed by atoms with E-state index in [2.05, 4.69) is 4.98 Å². The first-order chi connectivity index (χ1) is 9.91. The predicted molar refractivity (Wildman–Crippen MR) is 85.6 cm³/mol. The third kappa shape index (κ3) is 3.32. The van der Waals surface area contributed by atoms with Crippen LogP contribution in [0.25, 0.3) is 10.2 Å². The number of thiophene rings is 1. The SMILES string of the molecule is CC(C)N(C(=O)CCn1cnc2sccc2c1=O)C(C)C. The average molecular weight is 307 g/mol. The number of aromatic nitrogens is 2. The molecule has 2 aromatic heterocycles. The fourth-order valence-corrected chi connectivity index (χ4v) is 3.29. The monoisotopic (exact) mass is 307 g/mol. The van der Waals surface area contributed by atoms with Gasteiger partial charge in [0.1, 0.15) is 4.83 Å². The second kappa shape index (κ2) is 6.39. The van der Waals surface area contributed by atoms with E-state index in [1.54, 1.807) is 6.07 Å². The number of hydrogen-bond acceptors (Lipinski definition) is 4. The zero-order valence-corrected chi connectivity index (χ0v) is 13.7. The molecule has 0 radical (unpaired) electrons. The molecule has 0 aliphatic rings. The Bertz CT molecular complexity index is 680. The summed E-state index contributed by atoms with van der Waals surface area (Å²) in [5.74, 6) is 0.0670. The smallest absolute Gasteiger partial charge is 0.262 e. The fraction of sp³-hybridized carbons (Fsp3) is 0.533. The Hall–Kier alpha value is -1.69. The van der Waals surface area contributed by atoms with Gasteiger partial charge in [0.2, 0.25) is 5.91 Å². The molecular formula is C15H21N3O2S. The minimum atomic E-state index is -0.0744. The van der Waals surface area contributed by atoms with Gasteiger partial charge in [-0.1, -0.05) is 0 Å². The van der Waals surface area contributed by atoms with E-state index in [-0.39, 0.29) is 23.6 Å². The summed E-state index contributed by atoms with van der Waals surface area (Å²) < 4.78 is 1.52. The van der Waals surface area contributed by atoms with Gasteiger partial charge in [0.15, 0.2) is 0 Å². The Labute approximate surface area is 128 Å². The number of carbonyl (C=O) groups excluding carboxylic acids is 1. The molecule has 0 saturated carbocycles. The van der Waals surface area contributed by atoms with Crippen LogP contribution < -0.4 is 5.56 Å². The van der Waals surface area contributed by atoms with Crippen molar-refractivity contribution in [1.29, 1.82) is 0 Å². The lowest BCUT2D eigenvalue weighted by Crippen LogP contribution is -2.42. The van der Waals surface area contributed by atoms with Crippen LogP contribution in [0.3, 0.4) is 0 Å². The molecule has 2 heterocycles. The van der Waals surface area contributed by atoms with Gasteiger partial charge in [-0.25, -0.2) is 4.98 Å². The quantitative estimate of drug-likeness (QED) is 0.853. The summed E-state index contributed by atoms with van der Waals surface area (Å²) in [5, 5.41) is 2.48. The lowest BCUT2D eigenvalue weighted by atomic mass is 10.2. The van der Waals surface area contributed by atoms with Gasteiger partial charge < -0.3 is 4.90 Å². The van der Waals surface area contributed by atoms with Gasteiger partial charge in [-0.05, 0) is 39.1 Å². The second-order valence-electron chi connectivity index (χ2n) is 5.62. The lowest BCUT2D eigenvalue weighted by Gasteiger charge is -2.30. The molecule has 0 unspecified atom stereocenters. The molecule has 6 heteroatoms. The molecule has 0 atom stereocenters. The van der Waals surface area contributed by atoms with Crippen LogP contribution in [0.4, 0.5) is 0 Å². The highest BCUT2D eigenvalue weighted by atomic mass is 32.1. The molecule has 0 aromatic carbocycles. The maximum Gasteiger partial charge on any atom is 0.262 e. The van der Waals surface area contributed by atoms with Crippen LogP contribution in [0.2, 0.25) is 0 Å². The summed E-state index contributed by atoms with van der Waals surface area (Å²) in [7, 11) is 0.